The number of hydrogen-bond donors (Lipinski definition) is 0. The van der Waals surface area contributed by atoms with Crippen LogP contribution < -0.4 is 0 Å². The molecule has 0 fully saturated rings. The molecule has 2 aliphatic rings. The summed E-state index contributed by atoms with van der Waals surface area (Å²) in [5, 5.41) is 0. The third kappa shape index (κ3) is 5.98. The van der Waals surface area contributed by atoms with Crippen molar-refractivity contribution in [1.82, 2.24) is 9.80 Å². The first-order chi connectivity index (χ1) is 21.4. The molecule has 0 atom stereocenters. The van der Waals surface area contributed by atoms with Crippen molar-refractivity contribution >= 4 is 69.0 Å². The molecule has 0 unspecified atom stereocenters. The molecular formula is C34H32N2O4S4. The van der Waals surface area contributed by atoms with Gasteiger partial charge in [-0.1, -0.05) is 52.4 Å². The lowest BCUT2D eigenvalue weighted by atomic mass is 10.2. The van der Waals surface area contributed by atoms with E-state index < -0.39 is 0 Å². The predicted molar refractivity (Wildman–Crippen MR) is 180 cm³/mol. The molecule has 0 bridgehead atoms. The summed E-state index contributed by atoms with van der Waals surface area (Å²) < 4.78 is 0. The second-order valence-corrected chi connectivity index (χ2v) is 15.2. The molecule has 6 rings (SSSR count). The largest absolute Gasteiger partial charge is 0.274 e. The van der Waals surface area contributed by atoms with Gasteiger partial charge >= 0.3 is 0 Å². The van der Waals surface area contributed by atoms with E-state index in [0.29, 0.717) is 34.0 Å². The summed E-state index contributed by atoms with van der Waals surface area (Å²) in [4.78, 5) is 61.0. The van der Waals surface area contributed by atoms with Gasteiger partial charge in [0, 0.05) is 32.6 Å². The number of imide groups is 2. The maximum atomic E-state index is 12.9. The Bertz CT molecular complexity index is 1620. The van der Waals surface area contributed by atoms with Gasteiger partial charge in [-0.15, -0.1) is 45.3 Å². The quantitative estimate of drug-likeness (QED) is 0.0864. The van der Waals surface area contributed by atoms with E-state index in [1.54, 1.807) is 0 Å². The van der Waals surface area contributed by atoms with E-state index in [0.717, 1.165) is 80.6 Å². The normalized spacial score (nSPS) is 14.0. The Morgan fingerprint density at radius 2 is 0.955 bits per heavy atom. The maximum Gasteiger partial charge on any atom is 0.271 e. The van der Waals surface area contributed by atoms with Crippen molar-refractivity contribution in [3.05, 3.63) is 67.0 Å². The monoisotopic (exact) mass is 660 g/mol. The van der Waals surface area contributed by atoms with Crippen LogP contribution in [0.1, 0.15) is 115 Å². The number of hydrogen-bond acceptors (Lipinski definition) is 8. The van der Waals surface area contributed by atoms with Crippen LogP contribution in [0.5, 0.6) is 0 Å². The molecular weight excluding hydrogens is 629 g/mol. The first kappa shape index (κ1) is 30.7. The Balaban J connectivity index is 1.10. The average Bonchev–Trinajstić information content (AvgIpc) is 3.85. The standard InChI is InChI=1S/C34H32N2O4S4/c1-3-5-7-9-17-35-31(37)23-19-27(43-29(23)33(35)39)25-15-13-21(41-25)11-12-22-14-16-26(42-22)28-20-24-30(44-28)34(40)36(32(24)38)18-10-8-6-4-2/h13-16,19-20H,3-10,17-18H2,1-2H3. The number of thiophene rings is 4. The van der Waals surface area contributed by atoms with Gasteiger partial charge in [0.1, 0.15) is 9.75 Å². The van der Waals surface area contributed by atoms with E-state index in [4.69, 9.17) is 0 Å². The molecule has 4 aromatic heterocycles. The highest BCUT2D eigenvalue weighted by molar-refractivity contribution is 7.24. The zero-order valence-electron chi connectivity index (χ0n) is 24.7. The summed E-state index contributed by atoms with van der Waals surface area (Å²) in [7, 11) is 0. The third-order valence-electron chi connectivity index (χ3n) is 7.77. The maximum absolute atomic E-state index is 12.9. The van der Waals surface area contributed by atoms with Crippen LogP contribution >= 0.6 is 45.3 Å². The predicted octanol–water partition coefficient (Wildman–Crippen LogP) is 9.02. The molecule has 4 aromatic rings. The van der Waals surface area contributed by atoms with Crippen LogP contribution in [-0.4, -0.2) is 46.5 Å². The molecule has 226 valence electrons. The number of nitrogens with zero attached hydrogens (tertiary/aromatic N) is 2. The second-order valence-electron chi connectivity index (χ2n) is 10.9. The van der Waals surface area contributed by atoms with E-state index in [2.05, 4.69) is 25.7 Å². The van der Waals surface area contributed by atoms with Gasteiger partial charge in [0.05, 0.1) is 20.9 Å². The topological polar surface area (TPSA) is 74.8 Å². The molecule has 0 saturated heterocycles. The smallest absolute Gasteiger partial charge is 0.271 e. The summed E-state index contributed by atoms with van der Waals surface area (Å²) in [6.45, 7) is 5.25. The van der Waals surface area contributed by atoms with Crippen molar-refractivity contribution in [3.63, 3.8) is 0 Å². The molecule has 44 heavy (non-hydrogen) atoms. The van der Waals surface area contributed by atoms with Crippen molar-refractivity contribution in [1.29, 1.82) is 0 Å². The Labute approximate surface area is 273 Å². The second kappa shape index (κ2) is 13.3. The number of carbonyl (C=O) groups is 4. The molecule has 6 nitrogen and oxygen atoms in total. The Kier molecular flexibility index (Phi) is 9.29. The fraction of sp³-hybridized carbons (Fsp3) is 0.353. The first-order valence-corrected chi connectivity index (χ1v) is 18.4. The molecule has 0 radical (unpaired) electrons. The van der Waals surface area contributed by atoms with Crippen molar-refractivity contribution in [2.45, 2.75) is 65.2 Å². The van der Waals surface area contributed by atoms with Crippen LogP contribution in [0.25, 0.3) is 19.5 Å². The van der Waals surface area contributed by atoms with Crippen LogP contribution in [0.3, 0.4) is 0 Å². The lowest BCUT2D eigenvalue weighted by molar-refractivity contribution is 0.0637. The lowest BCUT2D eigenvalue weighted by Gasteiger charge is -2.13. The minimum absolute atomic E-state index is 0.174. The average molecular weight is 661 g/mol. The highest BCUT2D eigenvalue weighted by atomic mass is 32.1. The van der Waals surface area contributed by atoms with Crippen LogP contribution in [0, 0.1) is 11.8 Å². The first-order valence-electron chi connectivity index (χ1n) is 15.1. The molecule has 6 heterocycles. The Hall–Kier alpha value is -3.36. The van der Waals surface area contributed by atoms with Crippen molar-refractivity contribution < 1.29 is 19.2 Å². The van der Waals surface area contributed by atoms with Crippen molar-refractivity contribution in [2.24, 2.45) is 0 Å². The van der Waals surface area contributed by atoms with E-state index in [-0.39, 0.29) is 23.6 Å². The van der Waals surface area contributed by atoms with Gasteiger partial charge in [-0.2, -0.15) is 0 Å². The molecule has 10 heteroatoms. The molecule has 4 amide bonds. The number of unbranched alkanes of at least 4 members (excludes halogenated alkanes) is 6. The van der Waals surface area contributed by atoms with E-state index in [1.165, 1.54) is 55.1 Å². The zero-order chi connectivity index (χ0) is 30.8. The SMILES string of the molecule is CCCCCCN1C(=O)c2cc(-c3ccc(C#Cc4ccc(-c5cc6c(s5)C(=O)N(CCCCCC)C6=O)s4)s3)sc2C1=O. The summed E-state index contributed by atoms with van der Waals surface area (Å²) in [5.41, 5.74) is 1.03. The lowest BCUT2D eigenvalue weighted by Crippen LogP contribution is -2.30. The highest BCUT2D eigenvalue weighted by Crippen LogP contribution is 2.41. The number of amides is 4. The molecule has 2 aliphatic heterocycles. The van der Waals surface area contributed by atoms with Crippen LogP contribution in [0.2, 0.25) is 0 Å². The number of carbonyl (C=O) groups excluding carboxylic acids is 4. The molecule has 0 aromatic carbocycles. The van der Waals surface area contributed by atoms with Crippen molar-refractivity contribution in [2.75, 3.05) is 13.1 Å². The summed E-state index contributed by atoms with van der Waals surface area (Å²) in [6.07, 6.45) is 8.18. The zero-order valence-corrected chi connectivity index (χ0v) is 28.0. The fourth-order valence-electron chi connectivity index (χ4n) is 5.38. The molecule has 0 aliphatic carbocycles. The van der Waals surface area contributed by atoms with Gasteiger partial charge in [-0.25, -0.2) is 0 Å². The molecule has 0 spiro atoms. The van der Waals surface area contributed by atoms with E-state index in [1.807, 2.05) is 36.4 Å². The van der Waals surface area contributed by atoms with Gasteiger partial charge < -0.3 is 0 Å². The number of rotatable bonds is 12. The van der Waals surface area contributed by atoms with Gasteiger partial charge in [0.2, 0.25) is 0 Å². The van der Waals surface area contributed by atoms with Gasteiger partial charge in [-0.3, -0.25) is 29.0 Å². The highest BCUT2D eigenvalue weighted by Gasteiger charge is 2.38. The van der Waals surface area contributed by atoms with Crippen LogP contribution in [0.4, 0.5) is 0 Å². The minimum atomic E-state index is -0.182. The van der Waals surface area contributed by atoms with E-state index in [9.17, 15) is 19.2 Å². The van der Waals surface area contributed by atoms with Gasteiger partial charge in [0.15, 0.2) is 0 Å². The summed E-state index contributed by atoms with van der Waals surface area (Å²) in [5.74, 6) is 5.77. The van der Waals surface area contributed by atoms with Gasteiger partial charge in [-0.05, 0) is 61.1 Å². The summed E-state index contributed by atoms with van der Waals surface area (Å²) in [6, 6.07) is 11.6. The van der Waals surface area contributed by atoms with Gasteiger partial charge in [0.25, 0.3) is 23.6 Å². The van der Waals surface area contributed by atoms with Crippen molar-refractivity contribution in [3.8, 4) is 31.3 Å². The minimum Gasteiger partial charge on any atom is -0.274 e. The Morgan fingerprint density at radius 3 is 1.34 bits per heavy atom. The third-order valence-corrected chi connectivity index (χ3v) is 12.4. The number of fused-ring (bicyclic) bond motifs is 2. The summed E-state index contributed by atoms with van der Waals surface area (Å²) >= 11 is 5.84. The van der Waals surface area contributed by atoms with E-state index >= 15 is 0 Å². The molecule has 0 saturated carbocycles. The van der Waals surface area contributed by atoms with Crippen LogP contribution in [0.15, 0.2) is 36.4 Å². The fourth-order valence-corrected chi connectivity index (χ4v) is 9.46. The Morgan fingerprint density at radius 1 is 0.523 bits per heavy atom. The molecule has 0 N–H and O–H groups in total. The van der Waals surface area contributed by atoms with Crippen LogP contribution in [-0.2, 0) is 0 Å².